The van der Waals surface area contributed by atoms with Crippen molar-refractivity contribution in [1.29, 1.82) is 0 Å². The molecule has 2 rings (SSSR count). The van der Waals surface area contributed by atoms with Gasteiger partial charge in [-0.05, 0) is 24.5 Å². The summed E-state index contributed by atoms with van der Waals surface area (Å²) >= 11 is 9.04. The van der Waals surface area contributed by atoms with Gasteiger partial charge in [0.05, 0.1) is 11.1 Å². The molecule has 112 valence electrons. The minimum atomic E-state index is -0.537. The summed E-state index contributed by atoms with van der Waals surface area (Å²) in [6.45, 7) is 0. The second kappa shape index (κ2) is 7.74. The summed E-state index contributed by atoms with van der Waals surface area (Å²) in [6, 6.07) is 6.83. The Morgan fingerprint density at radius 2 is 2.24 bits per heavy atom. The lowest BCUT2D eigenvalue weighted by molar-refractivity contribution is -0.117. The average Bonchev–Trinajstić information content (AvgIpc) is 2.93. The Labute approximate surface area is 136 Å². The Morgan fingerprint density at radius 3 is 2.95 bits per heavy atom. The number of halogens is 1. The largest absolute Gasteiger partial charge is 0.320 e. The van der Waals surface area contributed by atoms with Gasteiger partial charge in [0.1, 0.15) is 0 Å². The van der Waals surface area contributed by atoms with Crippen LogP contribution < -0.4 is 11.1 Å². The Balaban J connectivity index is 2.04. The molecule has 1 aromatic carbocycles. The third kappa shape index (κ3) is 4.41. The summed E-state index contributed by atoms with van der Waals surface area (Å²) in [7, 11) is 0. The lowest BCUT2D eigenvalue weighted by Crippen LogP contribution is -2.36. The smallest absolute Gasteiger partial charge is 0.243 e. The summed E-state index contributed by atoms with van der Waals surface area (Å²) in [4.78, 5) is 11.9. The van der Waals surface area contributed by atoms with E-state index in [0.717, 1.165) is 11.3 Å². The van der Waals surface area contributed by atoms with Gasteiger partial charge in [-0.25, -0.2) is 0 Å². The second-order valence-electron chi connectivity index (χ2n) is 4.27. The summed E-state index contributed by atoms with van der Waals surface area (Å²) in [5.41, 5.74) is 6.60. The predicted molar refractivity (Wildman–Crippen MR) is 90.0 cm³/mol. The van der Waals surface area contributed by atoms with Gasteiger partial charge in [-0.3, -0.25) is 10.1 Å². The zero-order valence-corrected chi connectivity index (χ0v) is 13.8. The average molecular weight is 343 g/mol. The highest BCUT2D eigenvalue weighted by Crippen LogP contribution is 2.31. The van der Waals surface area contributed by atoms with Crippen LogP contribution in [0.4, 0.5) is 5.13 Å². The molecule has 0 fully saturated rings. The number of aromatic nitrogens is 2. The number of anilines is 1. The fourth-order valence-corrected chi connectivity index (χ4v) is 3.15. The van der Waals surface area contributed by atoms with Gasteiger partial charge in [-0.2, -0.15) is 11.8 Å². The first-order valence-electron chi connectivity index (χ1n) is 6.25. The Kier molecular flexibility index (Phi) is 5.98. The molecule has 1 heterocycles. The molecule has 8 heteroatoms. The van der Waals surface area contributed by atoms with Crippen molar-refractivity contribution in [3.8, 4) is 10.6 Å². The maximum Gasteiger partial charge on any atom is 0.243 e. The van der Waals surface area contributed by atoms with E-state index in [1.54, 1.807) is 17.8 Å². The third-order valence-electron chi connectivity index (χ3n) is 2.73. The highest BCUT2D eigenvalue weighted by atomic mass is 35.5. The van der Waals surface area contributed by atoms with Gasteiger partial charge in [-0.1, -0.05) is 41.1 Å². The first-order chi connectivity index (χ1) is 10.1. The van der Waals surface area contributed by atoms with E-state index in [1.165, 1.54) is 11.3 Å². The molecule has 0 aliphatic rings. The molecule has 0 radical (unpaired) electrons. The molecular formula is C13H15ClN4OS2. The van der Waals surface area contributed by atoms with Crippen LogP contribution in [0, 0.1) is 0 Å². The van der Waals surface area contributed by atoms with Gasteiger partial charge >= 0.3 is 0 Å². The van der Waals surface area contributed by atoms with Crippen LogP contribution in [-0.4, -0.2) is 34.2 Å². The van der Waals surface area contributed by atoms with Gasteiger partial charge in [0.2, 0.25) is 11.0 Å². The number of thioether (sulfide) groups is 1. The molecule has 0 aliphatic heterocycles. The summed E-state index contributed by atoms with van der Waals surface area (Å²) < 4.78 is 0. The van der Waals surface area contributed by atoms with Gasteiger partial charge in [0.25, 0.3) is 0 Å². The number of rotatable bonds is 6. The summed E-state index contributed by atoms with van der Waals surface area (Å²) in [5.74, 6) is 0.598. The first-order valence-corrected chi connectivity index (χ1v) is 8.84. The number of carbonyl (C=O) groups is 1. The quantitative estimate of drug-likeness (QED) is 0.843. The number of hydrogen-bond acceptors (Lipinski definition) is 6. The van der Waals surface area contributed by atoms with Crippen LogP contribution in [0.25, 0.3) is 10.6 Å². The van der Waals surface area contributed by atoms with E-state index >= 15 is 0 Å². The number of nitrogens with one attached hydrogen (secondary N) is 1. The van der Waals surface area contributed by atoms with Crippen molar-refractivity contribution < 1.29 is 4.79 Å². The lowest BCUT2D eigenvalue weighted by atomic mass is 10.2. The Hall–Kier alpha value is -1.15. The van der Waals surface area contributed by atoms with E-state index in [-0.39, 0.29) is 5.91 Å². The highest BCUT2D eigenvalue weighted by molar-refractivity contribution is 7.98. The van der Waals surface area contributed by atoms with Crippen molar-refractivity contribution in [3.63, 3.8) is 0 Å². The van der Waals surface area contributed by atoms with Crippen LogP contribution in [0.3, 0.4) is 0 Å². The lowest BCUT2D eigenvalue weighted by Gasteiger charge is -2.08. The van der Waals surface area contributed by atoms with Gasteiger partial charge in [0.15, 0.2) is 5.01 Å². The van der Waals surface area contributed by atoms with Gasteiger partial charge in [-0.15, -0.1) is 10.2 Å². The van der Waals surface area contributed by atoms with E-state index < -0.39 is 6.04 Å². The normalized spacial score (nSPS) is 12.1. The molecule has 21 heavy (non-hydrogen) atoms. The van der Waals surface area contributed by atoms with E-state index in [2.05, 4.69) is 15.5 Å². The highest BCUT2D eigenvalue weighted by Gasteiger charge is 2.16. The fraction of sp³-hybridized carbons (Fsp3) is 0.308. The molecule has 1 aromatic heterocycles. The van der Waals surface area contributed by atoms with Crippen molar-refractivity contribution in [3.05, 3.63) is 29.3 Å². The number of nitrogens with two attached hydrogens (primary N) is 1. The van der Waals surface area contributed by atoms with Crippen molar-refractivity contribution in [2.45, 2.75) is 12.5 Å². The molecule has 2 aromatic rings. The maximum absolute atomic E-state index is 11.9. The Bertz CT molecular complexity index is 620. The molecule has 0 unspecified atom stereocenters. The molecule has 0 saturated carbocycles. The topological polar surface area (TPSA) is 80.9 Å². The van der Waals surface area contributed by atoms with Crippen LogP contribution in [-0.2, 0) is 4.79 Å². The third-order valence-corrected chi connectivity index (χ3v) is 4.57. The molecule has 0 aliphatic carbocycles. The summed E-state index contributed by atoms with van der Waals surface area (Å²) in [6.07, 6.45) is 2.61. The van der Waals surface area contributed by atoms with Crippen LogP contribution in [0.15, 0.2) is 24.3 Å². The number of hydrogen-bond donors (Lipinski definition) is 2. The molecule has 1 atom stereocenters. The number of amides is 1. The Morgan fingerprint density at radius 1 is 1.48 bits per heavy atom. The predicted octanol–water partition coefficient (Wildman–Crippen LogP) is 2.88. The summed E-state index contributed by atoms with van der Waals surface area (Å²) in [5, 5.41) is 12.4. The van der Waals surface area contributed by atoms with Crippen molar-refractivity contribution in [1.82, 2.24) is 10.2 Å². The zero-order valence-electron chi connectivity index (χ0n) is 11.4. The molecule has 5 nitrogen and oxygen atoms in total. The number of benzene rings is 1. The van der Waals surface area contributed by atoms with Crippen molar-refractivity contribution in [2.75, 3.05) is 17.3 Å². The van der Waals surface area contributed by atoms with Crippen molar-refractivity contribution in [2.24, 2.45) is 5.73 Å². The molecular weight excluding hydrogens is 328 g/mol. The maximum atomic E-state index is 11.9. The van der Waals surface area contributed by atoms with E-state index in [1.807, 2.05) is 24.5 Å². The zero-order chi connectivity index (χ0) is 15.2. The molecule has 0 saturated heterocycles. The number of carbonyl (C=O) groups excluding carboxylic acids is 1. The first kappa shape index (κ1) is 16.2. The van der Waals surface area contributed by atoms with E-state index in [4.69, 9.17) is 17.3 Å². The van der Waals surface area contributed by atoms with E-state index in [0.29, 0.717) is 21.6 Å². The molecule has 3 N–H and O–H groups in total. The van der Waals surface area contributed by atoms with Gasteiger partial charge < -0.3 is 5.73 Å². The van der Waals surface area contributed by atoms with E-state index in [9.17, 15) is 4.79 Å². The molecule has 0 spiro atoms. The van der Waals surface area contributed by atoms with Crippen LogP contribution in [0.2, 0.25) is 5.02 Å². The monoisotopic (exact) mass is 342 g/mol. The minimum absolute atomic E-state index is 0.245. The van der Waals surface area contributed by atoms with Crippen LogP contribution in [0.1, 0.15) is 6.42 Å². The van der Waals surface area contributed by atoms with Crippen LogP contribution in [0.5, 0.6) is 0 Å². The standard InChI is InChI=1S/C13H15ClN4OS2/c1-20-7-6-10(15)11(19)16-13-18-17-12(21-13)8-4-2-3-5-9(8)14/h2-5,10H,6-7,15H2,1H3,(H,16,18,19)/t10-/m0/s1. The molecule has 1 amide bonds. The minimum Gasteiger partial charge on any atom is -0.320 e. The van der Waals surface area contributed by atoms with Gasteiger partial charge in [0, 0.05) is 5.56 Å². The number of nitrogens with zero attached hydrogens (tertiary/aromatic N) is 2. The second-order valence-corrected chi connectivity index (χ2v) is 6.64. The molecule has 0 bridgehead atoms. The fourth-order valence-electron chi connectivity index (χ4n) is 1.59. The SMILES string of the molecule is CSCC[C@H](N)C(=O)Nc1nnc(-c2ccccc2Cl)s1. The van der Waals surface area contributed by atoms with Crippen molar-refractivity contribution >= 4 is 45.7 Å². The van der Waals surface area contributed by atoms with Crippen LogP contribution >= 0.6 is 34.7 Å².